The van der Waals surface area contributed by atoms with E-state index in [1.807, 2.05) is 0 Å². The number of nitriles is 1. The highest BCUT2D eigenvalue weighted by Gasteiger charge is 2.12. The average molecular weight is 289 g/mol. The zero-order chi connectivity index (χ0) is 15.4. The molecule has 0 saturated carbocycles. The van der Waals surface area contributed by atoms with Crippen molar-refractivity contribution < 1.29 is 13.5 Å². The van der Waals surface area contributed by atoms with Gasteiger partial charge in [0.05, 0.1) is 23.7 Å². The minimum atomic E-state index is -0.645. The molecule has 2 rings (SSSR count). The number of rotatable bonds is 4. The summed E-state index contributed by atoms with van der Waals surface area (Å²) in [6, 6.07) is 8.43. The third kappa shape index (κ3) is 3.03. The van der Waals surface area contributed by atoms with Gasteiger partial charge in [-0.1, -0.05) is 6.07 Å². The van der Waals surface area contributed by atoms with Crippen molar-refractivity contribution in [2.45, 2.75) is 6.92 Å². The third-order valence-electron chi connectivity index (χ3n) is 2.80. The van der Waals surface area contributed by atoms with Crippen LogP contribution in [0.3, 0.4) is 0 Å². The van der Waals surface area contributed by atoms with Gasteiger partial charge in [0.15, 0.2) is 11.6 Å². The molecule has 6 heteroatoms. The smallest absolute Gasteiger partial charge is 0.167 e. The lowest BCUT2D eigenvalue weighted by Gasteiger charge is -2.13. The second kappa shape index (κ2) is 6.09. The van der Waals surface area contributed by atoms with Crippen molar-refractivity contribution in [2.24, 2.45) is 0 Å². The van der Waals surface area contributed by atoms with Crippen molar-refractivity contribution in [1.82, 2.24) is 0 Å². The average Bonchev–Trinajstić information content (AvgIpc) is 2.44. The lowest BCUT2D eigenvalue weighted by Crippen LogP contribution is -2.02. The monoisotopic (exact) mass is 289 g/mol. The van der Waals surface area contributed by atoms with Gasteiger partial charge >= 0.3 is 0 Å². The Labute approximate surface area is 120 Å². The topological polar surface area (TPSA) is 71.1 Å². The molecule has 0 spiro atoms. The number of nitrogens with zero attached hydrogens (tertiary/aromatic N) is 1. The summed E-state index contributed by atoms with van der Waals surface area (Å²) < 4.78 is 32.3. The number of hydrogen-bond acceptors (Lipinski definition) is 4. The predicted molar refractivity (Wildman–Crippen MR) is 76.4 cm³/mol. The molecule has 0 heterocycles. The van der Waals surface area contributed by atoms with Crippen molar-refractivity contribution in [3.8, 4) is 11.8 Å². The highest BCUT2D eigenvalue weighted by Crippen LogP contribution is 2.32. The normalized spacial score (nSPS) is 10.0. The number of halogens is 2. The summed E-state index contributed by atoms with van der Waals surface area (Å²) in [5.74, 6) is -1.20. The number of nitrogens with one attached hydrogen (secondary N) is 1. The highest BCUT2D eigenvalue weighted by molar-refractivity contribution is 5.76. The zero-order valence-electron chi connectivity index (χ0n) is 11.3. The first-order valence-corrected chi connectivity index (χ1v) is 6.24. The van der Waals surface area contributed by atoms with E-state index in [1.54, 1.807) is 13.0 Å². The van der Waals surface area contributed by atoms with Crippen LogP contribution in [0.25, 0.3) is 0 Å². The van der Waals surface area contributed by atoms with Crippen molar-refractivity contribution in [3.63, 3.8) is 0 Å². The Balaban J connectivity index is 2.43. The first-order valence-electron chi connectivity index (χ1n) is 6.24. The summed E-state index contributed by atoms with van der Waals surface area (Å²) in [6.07, 6.45) is 0. The van der Waals surface area contributed by atoms with Gasteiger partial charge in [0.2, 0.25) is 0 Å². The molecular formula is C15H13F2N3O. The Morgan fingerprint density at radius 3 is 2.67 bits per heavy atom. The fraction of sp³-hybridized carbons (Fsp3) is 0.133. The molecule has 0 aromatic heterocycles. The van der Waals surface area contributed by atoms with E-state index >= 15 is 0 Å². The summed E-state index contributed by atoms with van der Waals surface area (Å²) in [6.45, 7) is 2.02. The van der Waals surface area contributed by atoms with Crippen molar-refractivity contribution in [1.29, 1.82) is 5.26 Å². The molecule has 0 radical (unpaired) electrons. The van der Waals surface area contributed by atoms with Gasteiger partial charge in [0.25, 0.3) is 0 Å². The second-order valence-electron chi connectivity index (χ2n) is 4.20. The number of nitrogen functional groups attached to an aromatic ring is 1. The molecule has 3 N–H and O–H groups in total. The molecule has 2 aromatic carbocycles. The van der Waals surface area contributed by atoms with Gasteiger partial charge in [-0.05, 0) is 19.1 Å². The summed E-state index contributed by atoms with van der Waals surface area (Å²) >= 11 is 0. The number of ether oxygens (including phenoxy) is 1. The Bertz CT molecular complexity index is 711. The maximum Gasteiger partial charge on any atom is 0.167 e. The lowest BCUT2D eigenvalue weighted by atomic mass is 10.1. The molecular weight excluding hydrogens is 276 g/mol. The van der Waals surface area contributed by atoms with Crippen LogP contribution in [0.2, 0.25) is 0 Å². The molecule has 0 saturated heterocycles. The SMILES string of the molecule is CCOc1cc(Nc2cccc(F)c2C#N)c(N)cc1F. The summed E-state index contributed by atoms with van der Waals surface area (Å²) in [5.41, 5.74) is 6.30. The van der Waals surface area contributed by atoms with Crippen LogP contribution in [0.15, 0.2) is 30.3 Å². The van der Waals surface area contributed by atoms with E-state index in [2.05, 4.69) is 5.32 Å². The zero-order valence-corrected chi connectivity index (χ0v) is 11.3. The Hall–Kier alpha value is -2.81. The lowest BCUT2D eigenvalue weighted by molar-refractivity contribution is 0.322. The van der Waals surface area contributed by atoms with Crippen LogP contribution < -0.4 is 15.8 Å². The van der Waals surface area contributed by atoms with E-state index in [-0.39, 0.29) is 22.7 Å². The largest absolute Gasteiger partial charge is 0.491 e. The van der Waals surface area contributed by atoms with E-state index in [1.165, 1.54) is 24.3 Å². The van der Waals surface area contributed by atoms with Gasteiger partial charge in [0.1, 0.15) is 17.4 Å². The van der Waals surface area contributed by atoms with Crippen LogP contribution in [0.4, 0.5) is 25.8 Å². The second-order valence-corrected chi connectivity index (χ2v) is 4.20. The molecule has 0 atom stereocenters. The minimum Gasteiger partial charge on any atom is -0.491 e. The van der Waals surface area contributed by atoms with E-state index in [4.69, 9.17) is 15.7 Å². The van der Waals surface area contributed by atoms with Crippen LogP contribution in [0.1, 0.15) is 12.5 Å². The van der Waals surface area contributed by atoms with Gasteiger partial charge in [0, 0.05) is 12.1 Å². The molecule has 21 heavy (non-hydrogen) atoms. The van der Waals surface area contributed by atoms with Gasteiger partial charge in [-0.25, -0.2) is 8.78 Å². The standard InChI is InChI=1S/C15H13F2N3O/c1-2-21-15-7-14(12(19)6-11(15)17)20-13-5-3-4-10(16)9(13)8-18/h3-7,20H,2,19H2,1H3. The van der Waals surface area contributed by atoms with Crippen molar-refractivity contribution in [2.75, 3.05) is 17.7 Å². The summed E-state index contributed by atoms with van der Waals surface area (Å²) in [5, 5.41) is 11.8. The minimum absolute atomic E-state index is 0.0316. The number of benzene rings is 2. The Morgan fingerprint density at radius 2 is 2.00 bits per heavy atom. The molecule has 0 fully saturated rings. The fourth-order valence-electron chi connectivity index (χ4n) is 1.83. The van der Waals surface area contributed by atoms with Crippen LogP contribution >= 0.6 is 0 Å². The first-order chi connectivity index (χ1) is 10.1. The summed E-state index contributed by atoms with van der Waals surface area (Å²) in [7, 11) is 0. The van der Waals surface area contributed by atoms with Crippen molar-refractivity contribution in [3.05, 3.63) is 47.5 Å². The maximum atomic E-state index is 13.6. The fourth-order valence-corrected chi connectivity index (χ4v) is 1.83. The number of nitrogens with two attached hydrogens (primary N) is 1. The molecule has 108 valence electrons. The highest BCUT2D eigenvalue weighted by atomic mass is 19.1. The number of hydrogen-bond donors (Lipinski definition) is 2. The van der Waals surface area contributed by atoms with Crippen molar-refractivity contribution >= 4 is 17.1 Å². The Morgan fingerprint density at radius 1 is 1.24 bits per heavy atom. The Kier molecular flexibility index (Phi) is 4.24. The molecule has 4 nitrogen and oxygen atoms in total. The molecule has 0 amide bonds. The van der Waals surface area contributed by atoms with Crippen LogP contribution in [-0.2, 0) is 0 Å². The first kappa shape index (κ1) is 14.6. The van der Waals surface area contributed by atoms with E-state index in [0.29, 0.717) is 12.3 Å². The van der Waals surface area contributed by atoms with Gasteiger partial charge in [-0.15, -0.1) is 0 Å². The van der Waals surface area contributed by atoms with Crippen LogP contribution in [0, 0.1) is 23.0 Å². The maximum absolute atomic E-state index is 13.6. The van der Waals surface area contributed by atoms with Gasteiger partial charge in [-0.2, -0.15) is 5.26 Å². The molecule has 0 bridgehead atoms. The van der Waals surface area contributed by atoms with Crippen LogP contribution in [0.5, 0.6) is 5.75 Å². The molecule has 2 aromatic rings. The van der Waals surface area contributed by atoms with E-state index in [0.717, 1.165) is 6.07 Å². The van der Waals surface area contributed by atoms with Gasteiger partial charge < -0.3 is 15.8 Å². The van der Waals surface area contributed by atoms with E-state index < -0.39 is 11.6 Å². The molecule has 0 aliphatic rings. The quantitative estimate of drug-likeness (QED) is 0.844. The van der Waals surface area contributed by atoms with Gasteiger partial charge in [-0.3, -0.25) is 0 Å². The predicted octanol–water partition coefficient (Wildman–Crippen LogP) is 3.56. The third-order valence-corrected chi connectivity index (χ3v) is 2.80. The number of anilines is 3. The molecule has 0 unspecified atom stereocenters. The molecule has 0 aliphatic carbocycles. The van der Waals surface area contributed by atoms with E-state index in [9.17, 15) is 8.78 Å². The summed E-state index contributed by atoms with van der Waals surface area (Å²) in [4.78, 5) is 0. The molecule has 0 aliphatic heterocycles. The van der Waals surface area contributed by atoms with Crippen LogP contribution in [-0.4, -0.2) is 6.61 Å².